The summed E-state index contributed by atoms with van der Waals surface area (Å²) in [5.74, 6) is 5.40. The van der Waals surface area contributed by atoms with Crippen molar-refractivity contribution in [3.8, 4) is 11.8 Å². The van der Waals surface area contributed by atoms with Gasteiger partial charge < -0.3 is 20.5 Å². The molecule has 1 rings (SSSR count). The minimum Gasteiger partial charge on any atom is -0.382 e. The van der Waals surface area contributed by atoms with Crippen LogP contribution in [-0.4, -0.2) is 50.9 Å². The highest BCUT2D eigenvalue weighted by molar-refractivity contribution is 5.94. The highest BCUT2D eigenvalue weighted by atomic mass is 16.5. The maximum Gasteiger partial charge on any atom is 0.252 e. The highest BCUT2D eigenvalue weighted by Gasteiger charge is 2.05. The SMILES string of the molecule is COCCOCCCNC(=O)c1cncc(C#CCN)c1. The molecule has 0 atom stereocenters. The fraction of sp³-hybridized carbons (Fsp3) is 0.467. The first kappa shape index (κ1) is 17.1. The normalized spacial score (nSPS) is 9.81. The molecular weight excluding hydrogens is 270 g/mol. The largest absolute Gasteiger partial charge is 0.382 e. The molecule has 0 fully saturated rings. The summed E-state index contributed by atoms with van der Waals surface area (Å²) in [6.07, 6.45) is 3.86. The van der Waals surface area contributed by atoms with Crippen LogP contribution in [0.25, 0.3) is 0 Å². The Balaban J connectivity index is 2.32. The number of hydrogen-bond acceptors (Lipinski definition) is 5. The summed E-state index contributed by atoms with van der Waals surface area (Å²) in [7, 11) is 1.63. The van der Waals surface area contributed by atoms with Gasteiger partial charge in [-0.1, -0.05) is 11.8 Å². The lowest BCUT2D eigenvalue weighted by Crippen LogP contribution is -2.25. The van der Waals surface area contributed by atoms with Crippen molar-refractivity contribution in [1.82, 2.24) is 10.3 Å². The van der Waals surface area contributed by atoms with E-state index in [1.54, 1.807) is 19.4 Å². The monoisotopic (exact) mass is 291 g/mol. The van der Waals surface area contributed by atoms with E-state index in [-0.39, 0.29) is 12.5 Å². The van der Waals surface area contributed by atoms with Crippen molar-refractivity contribution in [2.24, 2.45) is 5.73 Å². The van der Waals surface area contributed by atoms with E-state index in [0.717, 1.165) is 6.42 Å². The van der Waals surface area contributed by atoms with Gasteiger partial charge in [-0.25, -0.2) is 0 Å². The van der Waals surface area contributed by atoms with Crippen LogP contribution in [0.5, 0.6) is 0 Å². The van der Waals surface area contributed by atoms with Gasteiger partial charge in [0.1, 0.15) is 0 Å². The quantitative estimate of drug-likeness (QED) is 0.527. The zero-order valence-corrected chi connectivity index (χ0v) is 12.2. The lowest BCUT2D eigenvalue weighted by atomic mass is 10.2. The fourth-order valence-electron chi connectivity index (χ4n) is 1.51. The number of methoxy groups -OCH3 is 1. The Morgan fingerprint density at radius 3 is 3.00 bits per heavy atom. The predicted molar refractivity (Wildman–Crippen MR) is 79.8 cm³/mol. The number of ether oxygens (including phenoxy) is 2. The van der Waals surface area contributed by atoms with Crippen LogP contribution in [0.4, 0.5) is 0 Å². The molecule has 0 unspecified atom stereocenters. The van der Waals surface area contributed by atoms with Gasteiger partial charge in [0.05, 0.1) is 25.3 Å². The van der Waals surface area contributed by atoms with Gasteiger partial charge >= 0.3 is 0 Å². The molecule has 0 aliphatic carbocycles. The molecular formula is C15H21N3O3. The van der Waals surface area contributed by atoms with E-state index in [2.05, 4.69) is 22.1 Å². The molecule has 0 saturated carbocycles. The maximum absolute atomic E-state index is 11.9. The fourth-order valence-corrected chi connectivity index (χ4v) is 1.51. The van der Waals surface area contributed by atoms with Crippen molar-refractivity contribution in [2.45, 2.75) is 6.42 Å². The molecule has 1 heterocycles. The van der Waals surface area contributed by atoms with Crippen molar-refractivity contribution in [3.63, 3.8) is 0 Å². The number of nitrogens with one attached hydrogen (secondary N) is 1. The van der Waals surface area contributed by atoms with E-state index in [9.17, 15) is 4.79 Å². The average Bonchev–Trinajstić information content (AvgIpc) is 2.52. The third kappa shape index (κ3) is 7.42. The molecule has 0 bridgehead atoms. The molecule has 1 amide bonds. The second kappa shape index (κ2) is 10.8. The number of amides is 1. The van der Waals surface area contributed by atoms with Crippen LogP contribution in [0.2, 0.25) is 0 Å². The molecule has 0 spiro atoms. The first-order valence-electron chi connectivity index (χ1n) is 6.76. The summed E-state index contributed by atoms with van der Waals surface area (Å²) in [6, 6.07) is 1.69. The van der Waals surface area contributed by atoms with Crippen LogP contribution in [0, 0.1) is 11.8 Å². The van der Waals surface area contributed by atoms with Gasteiger partial charge in [0, 0.05) is 38.2 Å². The summed E-state index contributed by atoms with van der Waals surface area (Å²) in [4.78, 5) is 15.9. The molecule has 114 valence electrons. The minimum absolute atomic E-state index is 0.171. The van der Waals surface area contributed by atoms with Crippen molar-refractivity contribution >= 4 is 5.91 Å². The van der Waals surface area contributed by atoms with Crippen molar-refractivity contribution in [1.29, 1.82) is 0 Å². The molecule has 6 nitrogen and oxygen atoms in total. The van der Waals surface area contributed by atoms with Gasteiger partial charge in [0.25, 0.3) is 5.91 Å². The lowest BCUT2D eigenvalue weighted by molar-refractivity contribution is 0.0688. The third-order valence-corrected chi connectivity index (χ3v) is 2.52. The van der Waals surface area contributed by atoms with E-state index >= 15 is 0 Å². The van der Waals surface area contributed by atoms with Gasteiger partial charge in [-0.3, -0.25) is 9.78 Å². The number of carbonyl (C=O) groups is 1. The first-order valence-corrected chi connectivity index (χ1v) is 6.76. The smallest absolute Gasteiger partial charge is 0.252 e. The van der Waals surface area contributed by atoms with Crippen LogP contribution in [0.1, 0.15) is 22.3 Å². The molecule has 0 aliphatic rings. The molecule has 1 aromatic heterocycles. The minimum atomic E-state index is -0.171. The number of aromatic nitrogens is 1. The molecule has 0 radical (unpaired) electrons. The second-order valence-corrected chi connectivity index (χ2v) is 4.18. The summed E-state index contributed by atoms with van der Waals surface area (Å²) in [5, 5.41) is 2.81. The van der Waals surface area contributed by atoms with Gasteiger partial charge in [-0.15, -0.1) is 0 Å². The molecule has 0 saturated heterocycles. The molecule has 3 N–H and O–H groups in total. The second-order valence-electron chi connectivity index (χ2n) is 4.18. The van der Waals surface area contributed by atoms with Gasteiger partial charge in [-0.05, 0) is 12.5 Å². The molecule has 0 aromatic carbocycles. The highest BCUT2D eigenvalue weighted by Crippen LogP contribution is 2.01. The zero-order valence-electron chi connectivity index (χ0n) is 12.2. The van der Waals surface area contributed by atoms with Gasteiger partial charge in [-0.2, -0.15) is 0 Å². The van der Waals surface area contributed by atoms with Gasteiger partial charge in [0.2, 0.25) is 0 Å². The Bertz CT molecular complexity index is 494. The van der Waals surface area contributed by atoms with E-state index < -0.39 is 0 Å². The van der Waals surface area contributed by atoms with Crippen LogP contribution >= 0.6 is 0 Å². The molecule has 0 aliphatic heterocycles. The summed E-state index contributed by atoms with van der Waals surface area (Å²) in [6.45, 7) is 2.55. The number of nitrogens with zero attached hydrogens (tertiary/aromatic N) is 1. The maximum atomic E-state index is 11.9. The van der Waals surface area contributed by atoms with E-state index in [0.29, 0.717) is 37.5 Å². The van der Waals surface area contributed by atoms with Crippen LogP contribution in [-0.2, 0) is 9.47 Å². The van der Waals surface area contributed by atoms with Gasteiger partial charge in [0.15, 0.2) is 0 Å². The number of rotatable bonds is 8. The average molecular weight is 291 g/mol. The van der Waals surface area contributed by atoms with Crippen LogP contribution < -0.4 is 11.1 Å². The van der Waals surface area contributed by atoms with Crippen LogP contribution in [0.15, 0.2) is 18.5 Å². The van der Waals surface area contributed by atoms with E-state index in [1.165, 1.54) is 6.20 Å². The van der Waals surface area contributed by atoms with Crippen LogP contribution in [0.3, 0.4) is 0 Å². The number of pyridine rings is 1. The Morgan fingerprint density at radius 2 is 2.24 bits per heavy atom. The summed E-state index contributed by atoms with van der Waals surface area (Å²) >= 11 is 0. The van der Waals surface area contributed by atoms with Crippen molar-refractivity contribution < 1.29 is 14.3 Å². The Labute approximate surface area is 125 Å². The number of nitrogens with two attached hydrogens (primary N) is 1. The van der Waals surface area contributed by atoms with E-state index in [4.69, 9.17) is 15.2 Å². The zero-order chi connectivity index (χ0) is 15.3. The lowest BCUT2D eigenvalue weighted by Gasteiger charge is -2.06. The summed E-state index contributed by atoms with van der Waals surface area (Å²) < 4.78 is 10.2. The first-order chi connectivity index (χ1) is 10.3. The third-order valence-electron chi connectivity index (χ3n) is 2.52. The predicted octanol–water partition coefficient (Wildman–Crippen LogP) is 0.175. The molecule has 21 heavy (non-hydrogen) atoms. The Morgan fingerprint density at radius 1 is 1.38 bits per heavy atom. The topological polar surface area (TPSA) is 86.5 Å². The molecule has 6 heteroatoms. The van der Waals surface area contributed by atoms with Crippen molar-refractivity contribution in [2.75, 3.05) is 40.0 Å². The Hall–Kier alpha value is -1.94. The Kier molecular flexibility index (Phi) is 8.80. The van der Waals surface area contributed by atoms with Crippen molar-refractivity contribution in [3.05, 3.63) is 29.6 Å². The summed E-state index contributed by atoms with van der Waals surface area (Å²) in [5.41, 5.74) is 6.47. The van der Waals surface area contributed by atoms with E-state index in [1.807, 2.05) is 0 Å². The molecule has 1 aromatic rings. The number of hydrogen-bond donors (Lipinski definition) is 2. The number of carbonyl (C=O) groups excluding carboxylic acids is 1. The standard InChI is InChI=1S/C15H21N3O3/c1-20-8-9-21-7-3-6-18-15(19)14-10-13(4-2-5-16)11-17-12-14/h10-12H,3,5-9,16H2,1H3,(H,18,19).